The molecule has 1 aliphatic heterocycles. The van der Waals surface area contributed by atoms with E-state index in [-0.39, 0.29) is 21.9 Å². The number of carboxylic acids is 1. The SMILES string of the molecule is CC(=O)c1ccc(S(=O)(=O)Nc2cnc(N3CCC(C)CC3)c(C(=O)O)c2)cc1. The van der Waals surface area contributed by atoms with Crippen LogP contribution in [0.2, 0.25) is 0 Å². The zero-order valence-corrected chi connectivity index (χ0v) is 17.1. The predicted molar refractivity (Wildman–Crippen MR) is 109 cm³/mol. The molecule has 1 aromatic heterocycles. The maximum atomic E-state index is 12.6. The van der Waals surface area contributed by atoms with Crippen LogP contribution in [0.15, 0.2) is 41.4 Å². The standard InChI is InChI=1S/C20H23N3O5S/c1-13-7-9-23(10-8-13)19-18(20(25)26)11-16(12-21-19)22-29(27,28)17-5-3-15(4-6-17)14(2)24/h3-6,11-13,22H,7-10H2,1-2H3,(H,25,26). The van der Waals surface area contributed by atoms with Crippen molar-refractivity contribution >= 4 is 33.3 Å². The van der Waals surface area contributed by atoms with Crippen molar-refractivity contribution in [2.24, 2.45) is 5.92 Å². The Balaban J connectivity index is 1.86. The number of anilines is 2. The normalized spacial score (nSPS) is 15.2. The molecule has 0 amide bonds. The monoisotopic (exact) mass is 417 g/mol. The van der Waals surface area contributed by atoms with Crippen LogP contribution in [0.4, 0.5) is 11.5 Å². The van der Waals surface area contributed by atoms with Crippen molar-refractivity contribution in [3.63, 3.8) is 0 Å². The van der Waals surface area contributed by atoms with Gasteiger partial charge in [0, 0.05) is 18.7 Å². The molecule has 1 aromatic carbocycles. The van der Waals surface area contributed by atoms with Gasteiger partial charge in [0.15, 0.2) is 5.78 Å². The van der Waals surface area contributed by atoms with Crippen molar-refractivity contribution in [2.75, 3.05) is 22.7 Å². The van der Waals surface area contributed by atoms with Crippen LogP contribution in [-0.4, -0.2) is 43.4 Å². The minimum absolute atomic E-state index is 0.0338. The lowest BCUT2D eigenvalue weighted by Crippen LogP contribution is -2.34. The second-order valence-electron chi connectivity index (χ2n) is 7.26. The molecule has 0 saturated carbocycles. The van der Waals surface area contributed by atoms with Crippen molar-refractivity contribution in [1.29, 1.82) is 0 Å². The Labute approximate surface area is 169 Å². The van der Waals surface area contributed by atoms with Gasteiger partial charge in [0.2, 0.25) is 0 Å². The molecule has 154 valence electrons. The molecule has 1 fully saturated rings. The summed E-state index contributed by atoms with van der Waals surface area (Å²) < 4.78 is 27.6. The fourth-order valence-corrected chi connectivity index (χ4v) is 4.26. The number of nitrogens with zero attached hydrogens (tertiary/aromatic N) is 2. The van der Waals surface area contributed by atoms with Gasteiger partial charge in [-0.3, -0.25) is 9.52 Å². The number of benzene rings is 1. The average Bonchev–Trinajstić information content (AvgIpc) is 2.68. The molecule has 2 aromatic rings. The number of hydrogen-bond donors (Lipinski definition) is 2. The van der Waals surface area contributed by atoms with Crippen molar-refractivity contribution < 1.29 is 23.1 Å². The summed E-state index contributed by atoms with van der Waals surface area (Å²) in [6, 6.07) is 6.79. The summed E-state index contributed by atoms with van der Waals surface area (Å²) in [5, 5.41) is 9.59. The van der Waals surface area contributed by atoms with Crippen LogP contribution in [0.5, 0.6) is 0 Å². The van der Waals surface area contributed by atoms with E-state index >= 15 is 0 Å². The van der Waals surface area contributed by atoms with Crippen LogP contribution in [-0.2, 0) is 10.0 Å². The van der Waals surface area contributed by atoms with Crippen LogP contribution in [0, 0.1) is 5.92 Å². The predicted octanol–water partition coefficient (Wildman–Crippen LogP) is 3.02. The number of rotatable bonds is 6. The van der Waals surface area contributed by atoms with E-state index in [2.05, 4.69) is 16.6 Å². The first-order valence-electron chi connectivity index (χ1n) is 9.29. The number of aromatic carboxylic acids is 1. The number of carbonyl (C=O) groups is 2. The van der Waals surface area contributed by atoms with Crippen LogP contribution in [0.25, 0.3) is 0 Å². The fraction of sp³-hybridized carbons (Fsp3) is 0.350. The van der Waals surface area contributed by atoms with Crippen molar-refractivity contribution in [3.05, 3.63) is 47.7 Å². The molecular formula is C20H23N3O5S. The Kier molecular flexibility index (Phi) is 5.88. The Morgan fingerprint density at radius 3 is 2.34 bits per heavy atom. The van der Waals surface area contributed by atoms with E-state index in [1.807, 2.05) is 4.90 Å². The molecule has 3 rings (SSSR count). The van der Waals surface area contributed by atoms with Gasteiger partial charge >= 0.3 is 5.97 Å². The van der Waals surface area contributed by atoms with Gasteiger partial charge < -0.3 is 10.0 Å². The van der Waals surface area contributed by atoms with Crippen molar-refractivity contribution in [2.45, 2.75) is 31.6 Å². The smallest absolute Gasteiger partial charge is 0.339 e. The summed E-state index contributed by atoms with van der Waals surface area (Å²) in [6.07, 6.45) is 3.22. The van der Waals surface area contributed by atoms with Crippen LogP contribution in [0.3, 0.4) is 0 Å². The lowest BCUT2D eigenvalue weighted by atomic mass is 9.99. The summed E-state index contributed by atoms with van der Waals surface area (Å²) >= 11 is 0. The Hall–Kier alpha value is -2.94. The number of sulfonamides is 1. The number of nitrogens with one attached hydrogen (secondary N) is 1. The number of ketones is 1. The Morgan fingerprint density at radius 2 is 1.79 bits per heavy atom. The zero-order chi connectivity index (χ0) is 21.2. The average molecular weight is 417 g/mol. The van der Waals surface area contributed by atoms with Crippen LogP contribution >= 0.6 is 0 Å². The molecule has 2 N–H and O–H groups in total. The summed E-state index contributed by atoms with van der Waals surface area (Å²) in [4.78, 5) is 29.2. The van der Waals surface area contributed by atoms with E-state index in [1.165, 1.54) is 43.5 Å². The van der Waals surface area contributed by atoms with E-state index in [9.17, 15) is 23.1 Å². The lowest BCUT2D eigenvalue weighted by molar-refractivity contribution is 0.0696. The molecule has 0 aliphatic carbocycles. The third-order valence-electron chi connectivity index (χ3n) is 5.00. The molecule has 8 nitrogen and oxygen atoms in total. The molecule has 1 saturated heterocycles. The summed E-state index contributed by atoms with van der Waals surface area (Å²) in [7, 11) is -3.95. The number of aromatic nitrogens is 1. The van der Waals surface area contributed by atoms with E-state index in [1.54, 1.807) is 0 Å². The maximum Gasteiger partial charge on any atom is 0.339 e. The van der Waals surface area contributed by atoms with Crippen molar-refractivity contribution in [3.8, 4) is 0 Å². The molecule has 0 bridgehead atoms. The van der Waals surface area contributed by atoms with E-state index in [0.717, 1.165) is 12.8 Å². The second-order valence-corrected chi connectivity index (χ2v) is 8.94. The largest absolute Gasteiger partial charge is 0.478 e. The van der Waals surface area contributed by atoms with Crippen LogP contribution < -0.4 is 9.62 Å². The molecule has 0 spiro atoms. The Morgan fingerprint density at radius 1 is 1.17 bits per heavy atom. The number of hydrogen-bond acceptors (Lipinski definition) is 6. The molecule has 9 heteroatoms. The molecular weight excluding hydrogens is 394 g/mol. The minimum Gasteiger partial charge on any atom is -0.478 e. The molecule has 29 heavy (non-hydrogen) atoms. The molecule has 0 atom stereocenters. The van der Waals surface area contributed by atoms with Gasteiger partial charge in [-0.05, 0) is 43.9 Å². The minimum atomic E-state index is -3.95. The number of carboxylic acid groups (broad SMARTS) is 1. The highest BCUT2D eigenvalue weighted by Crippen LogP contribution is 2.27. The van der Waals surface area contributed by atoms with Crippen molar-refractivity contribution in [1.82, 2.24) is 4.98 Å². The highest BCUT2D eigenvalue weighted by Gasteiger charge is 2.23. The van der Waals surface area contributed by atoms with Gasteiger partial charge in [0.05, 0.1) is 16.8 Å². The molecule has 2 heterocycles. The first-order chi connectivity index (χ1) is 13.7. The van der Waals surface area contributed by atoms with E-state index in [0.29, 0.717) is 30.4 Å². The second kappa shape index (κ2) is 8.20. The summed E-state index contributed by atoms with van der Waals surface area (Å²) in [5.41, 5.74) is 0.415. The highest BCUT2D eigenvalue weighted by molar-refractivity contribution is 7.92. The van der Waals surface area contributed by atoms with Gasteiger partial charge in [-0.2, -0.15) is 0 Å². The highest BCUT2D eigenvalue weighted by atomic mass is 32.2. The van der Waals surface area contributed by atoms with Gasteiger partial charge in [-0.25, -0.2) is 18.2 Å². The molecule has 0 radical (unpaired) electrons. The molecule has 0 unspecified atom stereocenters. The van der Waals surface area contributed by atoms with Gasteiger partial charge in [-0.15, -0.1) is 0 Å². The maximum absolute atomic E-state index is 12.6. The lowest BCUT2D eigenvalue weighted by Gasteiger charge is -2.32. The Bertz CT molecular complexity index is 1030. The molecule has 1 aliphatic rings. The summed E-state index contributed by atoms with van der Waals surface area (Å²) in [5.74, 6) is -0.406. The topological polar surface area (TPSA) is 117 Å². The van der Waals surface area contributed by atoms with Crippen LogP contribution in [0.1, 0.15) is 47.4 Å². The van der Waals surface area contributed by atoms with Gasteiger partial charge in [0.25, 0.3) is 10.0 Å². The number of piperidine rings is 1. The number of pyridine rings is 1. The third-order valence-corrected chi connectivity index (χ3v) is 6.40. The van der Waals surface area contributed by atoms with Gasteiger partial charge in [0.1, 0.15) is 11.4 Å². The van der Waals surface area contributed by atoms with E-state index < -0.39 is 16.0 Å². The first-order valence-corrected chi connectivity index (χ1v) is 10.8. The zero-order valence-electron chi connectivity index (χ0n) is 16.3. The quantitative estimate of drug-likeness (QED) is 0.694. The number of carbonyl (C=O) groups excluding carboxylic acids is 1. The summed E-state index contributed by atoms with van der Waals surface area (Å²) in [6.45, 7) is 4.97. The third kappa shape index (κ3) is 4.73. The van der Waals surface area contributed by atoms with E-state index in [4.69, 9.17) is 0 Å². The number of Topliss-reactive ketones (excluding diaryl/α,β-unsaturated/α-hetero) is 1. The van der Waals surface area contributed by atoms with Gasteiger partial charge in [-0.1, -0.05) is 19.1 Å². The fourth-order valence-electron chi connectivity index (χ4n) is 3.23. The first kappa shape index (κ1) is 20.8.